The molecule has 1 aromatic rings. The Hall–Kier alpha value is -2.66. The van der Waals surface area contributed by atoms with E-state index in [1.165, 1.54) is 11.0 Å². The first-order valence-electron chi connectivity index (χ1n) is 9.58. The minimum absolute atomic E-state index is 0.00930. The third-order valence-corrected chi connectivity index (χ3v) is 5.09. The number of hydrogen-bond acceptors (Lipinski definition) is 5. The van der Waals surface area contributed by atoms with Crippen LogP contribution in [-0.2, 0) is 25.3 Å². The predicted octanol–water partition coefficient (Wildman–Crippen LogP) is 1.35. The van der Waals surface area contributed by atoms with E-state index in [9.17, 15) is 27.6 Å². The third kappa shape index (κ3) is 4.73. The molecule has 2 aliphatic rings. The van der Waals surface area contributed by atoms with Crippen molar-refractivity contribution in [3.63, 3.8) is 0 Å². The number of halogens is 3. The number of nitrogens with zero attached hydrogens (tertiary/aromatic N) is 2. The Bertz CT molecular complexity index is 842. The van der Waals surface area contributed by atoms with Crippen LogP contribution in [0.5, 0.6) is 0 Å². The average Bonchev–Trinajstić information content (AvgIpc) is 3.50. The van der Waals surface area contributed by atoms with Gasteiger partial charge in [0, 0.05) is 18.3 Å². The molecule has 0 spiro atoms. The van der Waals surface area contributed by atoms with Gasteiger partial charge in [0.25, 0.3) is 11.8 Å². The van der Waals surface area contributed by atoms with Crippen LogP contribution in [0.25, 0.3) is 0 Å². The maximum Gasteiger partial charge on any atom is 0.418 e. The summed E-state index contributed by atoms with van der Waals surface area (Å²) in [6.45, 7) is 2.22. The Kier molecular flexibility index (Phi) is 6.32. The number of anilines is 2. The van der Waals surface area contributed by atoms with E-state index in [0.717, 1.165) is 25.0 Å². The number of rotatable bonds is 7. The van der Waals surface area contributed by atoms with Crippen molar-refractivity contribution in [2.24, 2.45) is 5.73 Å². The van der Waals surface area contributed by atoms with Crippen molar-refractivity contribution >= 4 is 29.1 Å². The fourth-order valence-electron chi connectivity index (χ4n) is 3.54. The van der Waals surface area contributed by atoms with Crippen LogP contribution in [0.1, 0.15) is 25.3 Å². The minimum Gasteiger partial charge on any atom is -0.370 e. The van der Waals surface area contributed by atoms with Gasteiger partial charge < -0.3 is 20.7 Å². The number of ether oxygens (including phenoxy) is 1. The molecule has 164 valence electrons. The molecule has 3 N–H and O–H groups in total. The highest BCUT2D eigenvalue weighted by molar-refractivity contribution is 6.10. The summed E-state index contributed by atoms with van der Waals surface area (Å²) in [6, 6.07) is 1.83. The molecule has 1 aliphatic carbocycles. The zero-order valence-corrected chi connectivity index (χ0v) is 16.4. The Balaban J connectivity index is 1.89. The molecular formula is C19H23F3N4O4. The molecule has 0 unspecified atom stereocenters. The highest BCUT2D eigenvalue weighted by Gasteiger charge is 2.41. The molecule has 1 saturated carbocycles. The third-order valence-electron chi connectivity index (χ3n) is 5.09. The van der Waals surface area contributed by atoms with Crippen molar-refractivity contribution in [3.8, 4) is 0 Å². The number of morpholine rings is 1. The fourth-order valence-corrected chi connectivity index (χ4v) is 3.54. The number of nitrogens with two attached hydrogens (primary N) is 1. The summed E-state index contributed by atoms with van der Waals surface area (Å²) in [4.78, 5) is 39.3. The Morgan fingerprint density at radius 1 is 1.37 bits per heavy atom. The van der Waals surface area contributed by atoms with E-state index in [0.29, 0.717) is 6.54 Å². The number of carbonyl (C=O) groups excluding carboxylic acids is 3. The van der Waals surface area contributed by atoms with Crippen molar-refractivity contribution in [3.05, 3.63) is 23.8 Å². The van der Waals surface area contributed by atoms with Crippen molar-refractivity contribution in [2.75, 3.05) is 36.5 Å². The molecule has 0 radical (unpaired) electrons. The number of benzene rings is 1. The van der Waals surface area contributed by atoms with E-state index in [1.54, 1.807) is 11.8 Å². The highest BCUT2D eigenvalue weighted by Crippen LogP contribution is 2.38. The molecule has 3 amide bonds. The lowest BCUT2D eigenvalue weighted by Gasteiger charge is -2.29. The highest BCUT2D eigenvalue weighted by atomic mass is 19.4. The second kappa shape index (κ2) is 8.60. The molecule has 1 aromatic carbocycles. The van der Waals surface area contributed by atoms with Crippen LogP contribution in [0.15, 0.2) is 18.2 Å². The van der Waals surface area contributed by atoms with Gasteiger partial charge in [-0.1, -0.05) is 6.92 Å². The lowest BCUT2D eigenvalue weighted by Crippen LogP contribution is -2.53. The quantitative estimate of drug-likeness (QED) is 0.638. The lowest BCUT2D eigenvalue weighted by atomic mass is 10.1. The number of likely N-dealkylation sites (N-methyl/N-ethyl adjacent to an activating group) is 1. The maximum atomic E-state index is 13.7. The van der Waals surface area contributed by atoms with E-state index < -0.39 is 41.2 Å². The van der Waals surface area contributed by atoms with Gasteiger partial charge in [0.05, 0.1) is 17.9 Å². The topological polar surface area (TPSA) is 105 Å². The predicted molar refractivity (Wildman–Crippen MR) is 102 cm³/mol. The van der Waals surface area contributed by atoms with Crippen LogP contribution in [0, 0.1) is 0 Å². The van der Waals surface area contributed by atoms with Gasteiger partial charge >= 0.3 is 6.18 Å². The van der Waals surface area contributed by atoms with Crippen molar-refractivity contribution in [1.82, 2.24) is 4.90 Å². The molecule has 2 fully saturated rings. The molecule has 8 nitrogen and oxygen atoms in total. The van der Waals surface area contributed by atoms with Gasteiger partial charge in [-0.2, -0.15) is 13.2 Å². The van der Waals surface area contributed by atoms with Crippen molar-refractivity contribution in [2.45, 2.75) is 38.0 Å². The molecule has 1 atom stereocenters. The number of alkyl halides is 3. The zero-order chi connectivity index (χ0) is 22.1. The fraction of sp³-hybridized carbons (Fsp3) is 0.526. The maximum absolute atomic E-state index is 13.7. The Morgan fingerprint density at radius 3 is 2.60 bits per heavy atom. The molecule has 1 heterocycles. The molecular weight excluding hydrogens is 405 g/mol. The first-order chi connectivity index (χ1) is 14.1. The molecule has 30 heavy (non-hydrogen) atoms. The van der Waals surface area contributed by atoms with Crippen molar-refractivity contribution in [1.29, 1.82) is 0 Å². The summed E-state index contributed by atoms with van der Waals surface area (Å²) in [6.07, 6.45) is -3.21. The number of amides is 3. The summed E-state index contributed by atoms with van der Waals surface area (Å²) in [5.41, 5.74) is 3.80. The van der Waals surface area contributed by atoms with E-state index in [2.05, 4.69) is 5.32 Å². The van der Waals surface area contributed by atoms with E-state index >= 15 is 0 Å². The largest absolute Gasteiger partial charge is 0.418 e. The first-order valence-corrected chi connectivity index (χ1v) is 9.58. The van der Waals surface area contributed by atoms with Crippen LogP contribution < -0.4 is 16.0 Å². The summed E-state index contributed by atoms with van der Waals surface area (Å²) in [7, 11) is 0. The molecule has 3 rings (SSSR count). The summed E-state index contributed by atoms with van der Waals surface area (Å²) in [5, 5.41) is 2.21. The summed E-state index contributed by atoms with van der Waals surface area (Å²) >= 11 is 0. The van der Waals surface area contributed by atoms with Gasteiger partial charge in [-0.05, 0) is 37.6 Å². The lowest BCUT2D eigenvalue weighted by molar-refractivity contribution is -0.137. The van der Waals surface area contributed by atoms with E-state index in [-0.39, 0.29) is 31.5 Å². The van der Waals surface area contributed by atoms with Crippen LogP contribution in [-0.4, -0.2) is 61.0 Å². The molecule has 1 aliphatic heterocycles. The number of primary amides is 1. The van der Waals surface area contributed by atoms with Gasteiger partial charge in [-0.25, -0.2) is 0 Å². The zero-order valence-electron chi connectivity index (χ0n) is 16.4. The summed E-state index contributed by atoms with van der Waals surface area (Å²) < 4.78 is 46.0. The van der Waals surface area contributed by atoms with Gasteiger partial charge in [0.15, 0.2) is 6.04 Å². The number of hydrogen-bond donors (Lipinski definition) is 2. The van der Waals surface area contributed by atoms with Crippen molar-refractivity contribution < 1.29 is 32.3 Å². The van der Waals surface area contributed by atoms with E-state index in [1.807, 2.05) is 0 Å². The molecule has 0 aromatic heterocycles. The molecule has 11 heteroatoms. The smallest absolute Gasteiger partial charge is 0.370 e. The van der Waals surface area contributed by atoms with E-state index in [4.69, 9.17) is 10.5 Å². The number of nitrogens with one attached hydrogen (secondary N) is 1. The SMILES string of the molecule is CCN(C1CC1)[C@H](C(N)=O)C(=O)Nc1ccc(N2CCOCC2=O)cc1C(F)(F)F. The summed E-state index contributed by atoms with van der Waals surface area (Å²) in [5.74, 6) is -2.30. The second-order valence-corrected chi connectivity index (χ2v) is 7.18. The van der Waals surface area contributed by atoms with Crippen LogP contribution in [0.2, 0.25) is 0 Å². The second-order valence-electron chi connectivity index (χ2n) is 7.18. The van der Waals surface area contributed by atoms with Crippen LogP contribution >= 0.6 is 0 Å². The van der Waals surface area contributed by atoms with Gasteiger partial charge in [-0.15, -0.1) is 0 Å². The normalized spacial score (nSPS) is 18.4. The Morgan fingerprint density at radius 2 is 2.07 bits per heavy atom. The number of carbonyl (C=O) groups is 3. The van der Waals surface area contributed by atoms with Crippen LogP contribution in [0.3, 0.4) is 0 Å². The standard InChI is InChI=1S/C19H23F3N4O4/c1-2-25(11-3-4-11)16(17(23)28)18(29)24-14-6-5-12(9-13(14)19(20,21)22)26-7-8-30-10-15(26)27/h5-6,9,11,16H,2-4,7-8,10H2,1H3,(H2,23,28)(H,24,29)/t16-/m1/s1. The minimum atomic E-state index is -4.79. The average molecular weight is 428 g/mol. The Labute approximate surface area is 171 Å². The van der Waals surface area contributed by atoms with Gasteiger partial charge in [-0.3, -0.25) is 19.3 Å². The van der Waals surface area contributed by atoms with Gasteiger partial charge in [0.1, 0.15) is 6.61 Å². The molecule has 1 saturated heterocycles. The first kappa shape index (κ1) is 22.0. The monoisotopic (exact) mass is 428 g/mol. The molecule has 0 bridgehead atoms. The van der Waals surface area contributed by atoms with Crippen LogP contribution in [0.4, 0.5) is 24.5 Å². The van der Waals surface area contributed by atoms with Gasteiger partial charge in [0.2, 0.25) is 5.91 Å².